The molecule has 1 heterocycles. The van der Waals surface area contributed by atoms with Crippen LogP contribution in [0.25, 0.3) is 0 Å². The van der Waals surface area contributed by atoms with Gasteiger partial charge < -0.3 is 10.1 Å². The molecule has 4 nitrogen and oxygen atoms in total. The highest BCUT2D eigenvalue weighted by Crippen LogP contribution is 2.00. The molecule has 0 fully saturated rings. The van der Waals surface area contributed by atoms with Crippen LogP contribution in [0.4, 0.5) is 5.82 Å². The van der Waals surface area contributed by atoms with Crippen molar-refractivity contribution in [3.05, 3.63) is 17.8 Å². The van der Waals surface area contributed by atoms with Crippen LogP contribution in [0, 0.1) is 6.92 Å². The number of nitrogens with zero attached hydrogens (tertiary/aromatic N) is 2. The highest BCUT2D eigenvalue weighted by molar-refractivity contribution is 5.32. The summed E-state index contributed by atoms with van der Waals surface area (Å²) in [6.07, 6.45) is 0.978. The van der Waals surface area contributed by atoms with Crippen molar-refractivity contribution in [2.45, 2.75) is 13.3 Å². The largest absolute Gasteiger partial charge is 0.385 e. The van der Waals surface area contributed by atoms with E-state index in [0.717, 1.165) is 31.1 Å². The zero-order valence-electron chi connectivity index (χ0n) is 8.08. The van der Waals surface area contributed by atoms with E-state index >= 15 is 0 Å². The van der Waals surface area contributed by atoms with E-state index in [0.29, 0.717) is 0 Å². The lowest BCUT2D eigenvalue weighted by Gasteiger charge is -2.03. The van der Waals surface area contributed by atoms with Gasteiger partial charge in [-0.1, -0.05) is 0 Å². The summed E-state index contributed by atoms with van der Waals surface area (Å²) in [7, 11) is 1.70. The normalized spacial score (nSPS) is 10.0. The fourth-order valence-corrected chi connectivity index (χ4v) is 0.926. The summed E-state index contributed by atoms with van der Waals surface area (Å²) in [4.78, 5) is 0. The third-order valence-corrected chi connectivity index (χ3v) is 1.63. The number of nitrogens with one attached hydrogen (secondary N) is 1. The Morgan fingerprint density at radius 2 is 2.23 bits per heavy atom. The van der Waals surface area contributed by atoms with Crippen LogP contribution in [-0.4, -0.2) is 30.5 Å². The maximum atomic E-state index is 4.92. The molecule has 0 spiro atoms. The molecule has 1 rings (SSSR count). The van der Waals surface area contributed by atoms with E-state index in [4.69, 9.17) is 4.74 Å². The first-order chi connectivity index (χ1) is 6.33. The van der Waals surface area contributed by atoms with Crippen molar-refractivity contribution in [2.24, 2.45) is 0 Å². The average molecular weight is 181 g/mol. The SMILES string of the molecule is COCCCNc1ccc(C)nn1. The van der Waals surface area contributed by atoms with Gasteiger partial charge in [-0.25, -0.2) is 0 Å². The molecule has 0 aliphatic carbocycles. The minimum absolute atomic E-state index is 0.770. The fourth-order valence-electron chi connectivity index (χ4n) is 0.926. The molecule has 0 bridgehead atoms. The summed E-state index contributed by atoms with van der Waals surface area (Å²) in [5.74, 6) is 0.821. The Morgan fingerprint density at radius 1 is 1.38 bits per heavy atom. The van der Waals surface area contributed by atoms with Gasteiger partial charge in [-0.2, -0.15) is 5.10 Å². The van der Waals surface area contributed by atoms with Gasteiger partial charge in [-0.15, -0.1) is 5.10 Å². The monoisotopic (exact) mass is 181 g/mol. The van der Waals surface area contributed by atoms with Crippen molar-refractivity contribution < 1.29 is 4.74 Å². The summed E-state index contributed by atoms with van der Waals surface area (Å²) in [5, 5.41) is 11.1. The van der Waals surface area contributed by atoms with Crippen molar-refractivity contribution in [3.63, 3.8) is 0 Å². The minimum Gasteiger partial charge on any atom is -0.385 e. The number of aryl methyl sites for hydroxylation is 1. The number of hydrogen-bond acceptors (Lipinski definition) is 4. The van der Waals surface area contributed by atoms with Gasteiger partial charge in [0.1, 0.15) is 5.82 Å². The molecule has 0 saturated carbocycles. The van der Waals surface area contributed by atoms with Crippen molar-refractivity contribution in [2.75, 3.05) is 25.6 Å². The van der Waals surface area contributed by atoms with E-state index in [1.807, 2.05) is 19.1 Å². The van der Waals surface area contributed by atoms with E-state index in [1.54, 1.807) is 7.11 Å². The van der Waals surface area contributed by atoms with E-state index in [2.05, 4.69) is 15.5 Å². The van der Waals surface area contributed by atoms with Gasteiger partial charge in [-0.3, -0.25) is 0 Å². The number of anilines is 1. The van der Waals surface area contributed by atoms with Gasteiger partial charge >= 0.3 is 0 Å². The number of methoxy groups -OCH3 is 1. The number of hydrogen-bond donors (Lipinski definition) is 1. The van der Waals surface area contributed by atoms with Crippen molar-refractivity contribution >= 4 is 5.82 Å². The van der Waals surface area contributed by atoms with Gasteiger partial charge in [0.15, 0.2) is 0 Å². The molecule has 0 amide bonds. The predicted octanol–water partition coefficient (Wildman–Crippen LogP) is 1.23. The average Bonchev–Trinajstić information content (AvgIpc) is 2.15. The zero-order valence-corrected chi connectivity index (χ0v) is 8.08. The van der Waals surface area contributed by atoms with Gasteiger partial charge in [0.05, 0.1) is 5.69 Å². The van der Waals surface area contributed by atoms with Gasteiger partial charge in [0, 0.05) is 20.3 Å². The summed E-state index contributed by atoms with van der Waals surface area (Å²) in [6, 6.07) is 3.86. The minimum atomic E-state index is 0.770. The lowest BCUT2D eigenvalue weighted by Crippen LogP contribution is -2.06. The molecular weight excluding hydrogens is 166 g/mol. The van der Waals surface area contributed by atoms with Crippen LogP contribution in [0.5, 0.6) is 0 Å². The molecule has 0 saturated heterocycles. The molecule has 13 heavy (non-hydrogen) atoms. The van der Waals surface area contributed by atoms with Crippen LogP contribution in [0.2, 0.25) is 0 Å². The molecule has 0 aliphatic rings. The maximum Gasteiger partial charge on any atom is 0.148 e. The second-order valence-electron chi connectivity index (χ2n) is 2.83. The van der Waals surface area contributed by atoms with Crippen molar-refractivity contribution in [1.29, 1.82) is 0 Å². The van der Waals surface area contributed by atoms with E-state index in [1.165, 1.54) is 0 Å². The summed E-state index contributed by atoms with van der Waals surface area (Å²) in [5.41, 5.74) is 0.933. The Bertz CT molecular complexity index is 235. The van der Waals surface area contributed by atoms with Crippen LogP contribution in [-0.2, 0) is 4.74 Å². The molecule has 0 aliphatic heterocycles. The third kappa shape index (κ3) is 3.85. The standard InChI is InChI=1S/C9H15N3O/c1-8-4-5-9(12-11-8)10-6-3-7-13-2/h4-5H,3,6-7H2,1-2H3,(H,10,12). The van der Waals surface area contributed by atoms with Crippen LogP contribution < -0.4 is 5.32 Å². The summed E-state index contributed by atoms with van der Waals surface area (Å²) >= 11 is 0. The number of ether oxygens (including phenoxy) is 1. The lowest BCUT2D eigenvalue weighted by molar-refractivity contribution is 0.197. The number of aromatic nitrogens is 2. The lowest BCUT2D eigenvalue weighted by atomic mass is 10.4. The van der Waals surface area contributed by atoms with E-state index in [9.17, 15) is 0 Å². The Hall–Kier alpha value is -1.16. The summed E-state index contributed by atoms with van der Waals surface area (Å²) in [6.45, 7) is 3.56. The molecule has 0 radical (unpaired) electrons. The predicted molar refractivity (Wildman–Crippen MR) is 51.8 cm³/mol. The molecule has 0 unspecified atom stereocenters. The second-order valence-corrected chi connectivity index (χ2v) is 2.83. The highest BCUT2D eigenvalue weighted by atomic mass is 16.5. The molecule has 1 N–H and O–H groups in total. The molecule has 0 aromatic carbocycles. The Balaban J connectivity index is 2.25. The molecule has 0 atom stereocenters. The first-order valence-corrected chi connectivity index (χ1v) is 4.36. The summed E-state index contributed by atoms with van der Waals surface area (Å²) < 4.78 is 4.92. The van der Waals surface area contributed by atoms with Gasteiger partial charge in [-0.05, 0) is 25.5 Å². The first-order valence-electron chi connectivity index (χ1n) is 4.36. The highest BCUT2D eigenvalue weighted by Gasteiger charge is 1.92. The zero-order chi connectivity index (χ0) is 9.52. The van der Waals surface area contributed by atoms with Crippen molar-refractivity contribution in [1.82, 2.24) is 10.2 Å². The number of rotatable bonds is 5. The molecule has 72 valence electrons. The van der Waals surface area contributed by atoms with Crippen molar-refractivity contribution in [3.8, 4) is 0 Å². The topological polar surface area (TPSA) is 47.0 Å². The Labute approximate surface area is 78.3 Å². The smallest absolute Gasteiger partial charge is 0.148 e. The molecule has 4 heteroatoms. The van der Waals surface area contributed by atoms with Crippen LogP contribution in [0.3, 0.4) is 0 Å². The van der Waals surface area contributed by atoms with Gasteiger partial charge in [0.2, 0.25) is 0 Å². The Morgan fingerprint density at radius 3 is 2.85 bits per heavy atom. The second kappa shape index (κ2) is 5.48. The van der Waals surface area contributed by atoms with Crippen LogP contribution in [0.1, 0.15) is 12.1 Å². The molecule has 1 aromatic heterocycles. The van der Waals surface area contributed by atoms with Crippen LogP contribution >= 0.6 is 0 Å². The third-order valence-electron chi connectivity index (χ3n) is 1.63. The van der Waals surface area contributed by atoms with E-state index < -0.39 is 0 Å². The Kier molecular flexibility index (Phi) is 4.18. The van der Waals surface area contributed by atoms with Crippen LogP contribution in [0.15, 0.2) is 12.1 Å². The first kappa shape index (κ1) is 9.92. The maximum absolute atomic E-state index is 4.92. The van der Waals surface area contributed by atoms with E-state index in [-0.39, 0.29) is 0 Å². The quantitative estimate of drug-likeness (QED) is 0.694. The molecular formula is C9H15N3O. The molecule has 1 aromatic rings. The van der Waals surface area contributed by atoms with Gasteiger partial charge in [0.25, 0.3) is 0 Å². The fraction of sp³-hybridized carbons (Fsp3) is 0.556.